The molecule has 1 N–H and O–H groups in total. The van der Waals surface area contributed by atoms with Crippen LogP contribution in [0.2, 0.25) is 0 Å². The first-order valence-electron chi connectivity index (χ1n) is 12.2. The zero-order chi connectivity index (χ0) is 26.7. The van der Waals surface area contributed by atoms with Gasteiger partial charge in [0.2, 0.25) is 6.79 Å². The summed E-state index contributed by atoms with van der Waals surface area (Å²) in [6.07, 6.45) is -3.35. The second kappa shape index (κ2) is 10.7. The van der Waals surface area contributed by atoms with Crippen LogP contribution in [-0.4, -0.2) is 19.7 Å². The number of nitrogens with one attached hydrogen (secondary N) is 1. The predicted octanol–water partition coefficient (Wildman–Crippen LogP) is 7.34. The van der Waals surface area contributed by atoms with Crippen molar-refractivity contribution in [2.75, 3.05) is 19.2 Å². The molecule has 1 heterocycles. The van der Waals surface area contributed by atoms with Crippen LogP contribution in [0.25, 0.3) is 10.8 Å². The summed E-state index contributed by atoms with van der Waals surface area (Å²) in [5.41, 5.74) is 1.58. The van der Waals surface area contributed by atoms with Crippen LogP contribution in [0.15, 0.2) is 78.9 Å². The maximum atomic E-state index is 13.1. The second-order valence-electron chi connectivity index (χ2n) is 9.17. The zero-order valence-electron chi connectivity index (χ0n) is 20.7. The molecule has 4 aromatic rings. The number of carbonyl (C=O) groups excluding carboxylic acids is 1. The van der Waals surface area contributed by atoms with Gasteiger partial charge in [0.05, 0.1) is 18.7 Å². The van der Waals surface area contributed by atoms with E-state index in [0.717, 1.165) is 39.8 Å². The number of Topliss-reactive ketones (excluding diaryl/α,β-unsaturated/α-hetero) is 1. The molecule has 0 saturated carbocycles. The van der Waals surface area contributed by atoms with Crippen LogP contribution >= 0.6 is 0 Å². The van der Waals surface area contributed by atoms with Crippen molar-refractivity contribution in [3.05, 3.63) is 95.6 Å². The third-order valence-corrected chi connectivity index (χ3v) is 6.59. The Hall–Kier alpha value is -4.20. The zero-order valence-corrected chi connectivity index (χ0v) is 20.7. The Morgan fingerprint density at radius 2 is 1.66 bits per heavy atom. The molecule has 0 aliphatic carbocycles. The smallest absolute Gasteiger partial charge is 0.416 e. The second-order valence-corrected chi connectivity index (χ2v) is 9.17. The van der Waals surface area contributed by atoms with Crippen molar-refractivity contribution >= 4 is 22.2 Å². The average molecular weight is 522 g/mol. The van der Waals surface area contributed by atoms with E-state index in [4.69, 9.17) is 14.2 Å². The number of alkyl halides is 3. The molecule has 196 valence electrons. The summed E-state index contributed by atoms with van der Waals surface area (Å²) >= 11 is 0. The highest BCUT2D eigenvalue weighted by molar-refractivity contribution is 5.85. The Balaban J connectivity index is 1.30. The van der Waals surface area contributed by atoms with Gasteiger partial charge < -0.3 is 19.5 Å². The normalized spacial score (nSPS) is 13.4. The van der Waals surface area contributed by atoms with E-state index in [1.165, 1.54) is 12.1 Å². The molecule has 0 radical (unpaired) electrons. The summed E-state index contributed by atoms with van der Waals surface area (Å²) in [5.74, 6) is 2.00. The molecule has 0 spiro atoms. The van der Waals surface area contributed by atoms with Gasteiger partial charge in [-0.15, -0.1) is 0 Å². The summed E-state index contributed by atoms with van der Waals surface area (Å²) < 4.78 is 55.1. The fourth-order valence-electron chi connectivity index (χ4n) is 4.51. The van der Waals surface area contributed by atoms with E-state index >= 15 is 0 Å². The van der Waals surface area contributed by atoms with Gasteiger partial charge in [-0.05, 0) is 76.9 Å². The Morgan fingerprint density at radius 1 is 0.921 bits per heavy atom. The molecule has 5 rings (SSSR count). The van der Waals surface area contributed by atoms with Crippen LogP contribution in [-0.2, 0) is 17.4 Å². The lowest BCUT2D eigenvalue weighted by molar-refractivity contribution is -0.137. The lowest BCUT2D eigenvalue weighted by atomic mass is 9.96. The molecular formula is C30H26F3NO4. The number of methoxy groups -OCH3 is 1. The van der Waals surface area contributed by atoms with Crippen LogP contribution in [0.4, 0.5) is 18.9 Å². The summed E-state index contributed by atoms with van der Waals surface area (Å²) in [5, 5.41) is 5.36. The first kappa shape index (κ1) is 25.4. The maximum absolute atomic E-state index is 13.1. The van der Waals surface area contributed by atoms with Crippen molar-refractivity contribution in [2.45, 2.75) is 31.5 Å². The van der Waals surface area contributed by atoms with Gasteiger partial charge in [0.1, 0.15) is 11.5 Å². The first-order valence-corrected chi connectivity index (χ1v) is 12.2. The van der Waals surface area contributed by atoms with Crippen molar-refractivity contribution < 1.29 is 32.2 Å². The van der Waals surface area contributed by atoms with Crippen LogP contribution < -0.4 is 19.5 Å². The number of ether oxygens (including phenoxy) is 3. The van der Waals surface area contributed by atoms with Gasteiger partial charge >= 0.3 is 6.18 Å². The lowest BCUT2D eigenvalue weighted by Crippen LogP contribution is -2.16. The van der Waals surface area contributed by atoms with E-state index in [-0.39, 0.29) is 19.0 Å². The quantitative estimate of drug-likeness (QED) is 0.250. The Bertz CT molecular complexity index is 1450. The lowest BCUT2D eigenvalue weighted by Gasteiger charge is -2.21. The van der Waals surface area contributed by atoms with Crippen molar-refractivity contribution in [2.24, 2.45) is 0 Å². The van der Waals surface area contributed by atoms with Gasteiger partial charge in [-0.25, -0.2) is 0 Å². The van der Waals surface area contributed by atoms with E-state index in [1.807, 2.05) is 36.4 Å². The minimum atomic E-state index is -4.42. The molecule has 38 heavy (non-hydrogen) atoms. The van der Waals surface area contributed by atoms with Crippen LogP contribution in [0.5, 0.6) is 17.2 Å². The number of rotatable bonds is 9. The number of anilines is 1. The third kappa shape index (κ3) is 5.85. The Labute approximate surface area is 218 Å². The van der Waals surface area contributed by atoms with E-state index in [9.17, 15) is 18.0 Å². The molecule has 8 heteroatoms. The number of fused-ring (bicyclic) bond motifs is 2. The minimum absolute atomic E-state index is 0.0295. The maximum Gasteiger partial charge on any atom is 0.416 e. The van der Waals surface area contributed by atoms with Gasteiger partial charge in [-0.1, -0.05) is 30.3 Å². The van der Waals surface area contributed by atoms with Gasteiger partial charge in [0.25, 0.3) is 0 Å². The van der Waals surface area contributed by atoms with E-state index < -0.39 is 17.8 Å². The molecule has 0 fully saturated rings. The number of halogens is 3. The van der Waals surface area contributed by atoms with Crippen LogP contribution in [0.3, 0.4) is 0 Å². The van der Waals surface area contributed by atoms with E-state index in [1.54, 1.807) is 19.2 Å². The highest BCUT2D eigenvalue weighted by Crippen LogP contribution is 2.36. The Kier molecular flexibility index (Phi) is 7.13. The molecule has 1 aliphatic rings. The van der Waals surface area contributed by atoms with Gasteiger partial charge in [0.15, 0.2) is 11.5 Å². The van der Waals surface area contributed by atoms with E-state index in [2.05, 4.69) is 11.4 Å². The molecule has 0 aromatic heterocycles. The highest BCUT2D eigenvalue weighted by Gasteiger charge is 2.30. The number of carbonyl (C=O) groups is 1. The topological polar surface area (TPSA) is 56.8 Å². The predicted molar refractivity (Wildman–Crippen MR) is 139 cm³/mol. The van der Waals surface area contributed by atoms with Gasteiger partial charge in [-0.3, -0.25) is 4.79 Å². The molecule has 0 saturated heterocycles. The molecule has 1 unspecified atom stereocenters. The fourth-order valence-corrected chi connectivity index (χ4v) is 4.51. The first-order chi connectivity index (χ1) is 18.3. The summed E-state index contributed by atoms with van der Waals surface area (Å²) in [4.78, 5) is 13.1. The van der Waals surface area contributed by atoms with Crippen LogP contribution in [0.1, 0.15) is 35.6 Å². The molecule has 0 bridgehead atoms. The van der Waals surface area contributed by atoms with Gasteiger partial charge in [0, 0.05) is 18.5 Å². The summed E-state index contributed by atoms with van der Waals surface area (Å²) in [7, 11) is 1.63. The van der Waals surface area contributed by atoms with Crippen molar-refractivity contribution in [1.82, 2.24) is 0 Å². The summed E-state index contributed by atoms with van der Waals surface area (Å²) in [6, 6.07) is 21.7. The SMILES string of the molecule is COc1ccc2cc(CCC(=O)CC(Nc3ccc(C(F)(F)F)cc3)c3ccc4c(c3)OCO4)ccc2c1. The van der Waals surface area contributed by atoms with Gasteiger partial charge in [-0.2, -0.15) is 13.2 Å². The Morgan fingerprint density at radius 3 is 2.42 bits per heavy atom. The van der Waals surface area contributed by atoms with Crippen molar-refractivity contribution in [3.8, 4) is 17.2 Å². The fraction of sp³-hybridized carbons (Fsp3) is 0.233. The highest BCUT2D eigenvalue weighted by atomic mass is 19.4. The standard InChI is InChI=1S/C30H26F3NO4/c1-36-26-12-5-20-14-19(2-4-21(20)15-26)3-11-25(35)17-27(22-6-13-28-29(16-22)38-18-37-28)34-24-9-7-23(8-10-24)30(31,32)33/h2,4-10,12-16,27,34H,3,11,17-18H2,1H3. The summed E-state index contributed by atoms with van der Waals surface area (Å²) in [6.45, 7) is 0.118. The minimum Gasteiger partial charge on any atom is -0.497 e. The molecule has 5 nitrogen and oxygen atoms in total. The number of ketones is 1. The molecule has 1 aliphatic heterocycles. The van der Waals surface area contributed by atoms with Crippen LogP contribution in [0, 0.1) is 0 Å². The van der Waals surface area contributed by atoms with Crippen molar-refractivity contribution in [1.29, 1.82) is 0 Å². The average Bonchev–Trinajstić information content (AvgIpc) is 3.39. The molecule has 1 atom stereocenters. The molecule has 0 amide bonds. The molecular weight excluding hydrogens is 495 g/mol. The third-order valence-electron chi connectivity index (χ3n) is 6.59. The number of hydrogen-bond donors (Lipinski definition) is 1. The molecule has 4 aromatic carbocycles. The monoisotopic (exact) mass is 521 g/mol. The number of benzene rings is 4. The van der Waals surface area contributed by atoms with Crippen molar-refractivity contribution in [3.63, 3.8) is 0 Å². The largest absolute Gasteiger partial charge is 0.497 e. The van der Waals surface area contributed by atoms with E-state index in [0.29, 0.717) is 30.0 Å². The number of hydrogen-bond acceptors (Lipinski definition) is 5. The number of aryl methyl sites for hydroxylation is 1.